The molecule has 0 bridgehead atoms. The summed E-state index contributed by atoms with van der Waals surface area (Å²) < 4.78 is 0. The van der Waals surface area contributed by atoms with E-state index in [2.05, 4.69) is 86.4 Å². The van der Waals surface area contributed by atoms with E-state index in [-0.39, 0.29) is 17.7 Å². The molecular weight excluding hydrogens is 603 g/mol. The largest absolute Gasteiger partial charge is 0.354 e. The zero-order valence-electron chi connectivity index (χ0n) is 33.3. The molecule has 284 valence electrons. The third kappa shape index (κ3) is 21.2. The average Bonchev–Trinajstić information content (AvgIpc) is 3.07. The number of amides is 2. The molecule has 2 amide bonds. The number of nitrogens with zero attached hydrogens (tertiary/aromatic N) is 2. The van der Waals surface area contributed by atoms with Crippen LogP contribution in [-0.2, 0) is 9.59 Å². The minimum Gasteiger partial charge on any atom is -0.354 e. The Morgan fingerprint density at radius 2 is 1.04 bits per heavy atom. The maximum absolute atomic E-state index is 14.7. The van der Waals surface area contributed by atoms with Gasteiger partial charge in [0.05, 0.1) is 0 Å². The van der Waals surface area contributed by atoms with Gasteiger partial charge >= 0.3 is 0 Å². The minimum absolute atomic E-state index is 0.00752. The van der Waals surface area contributed by atoms with Crippen molar-refractivity contribution >= 4 is 11.8 Å². The van der Waals surface area contributed by atoms with Crippen LogP contribution in [0.1, 0.15) is 188 Å². The predicted molar refractivity (Wildman–Crippen MR) is 214 cm³/mol. The van der Waals surface area contributed by atoms with Gasteiger partial charge < -0.3 is 15.1 Å². The van der Waals surface area contributed by atoms with Gasteiger partial charge in [-0.05, 0) is 143 Å². The van der Waals surface area contributed by atoms with E-state index in [1.54, 1.807) is 0 Å². The van der Waals surface area contributed by atoms with Crippen molar-refractivity contribution in [3.8, 4) is 0 Å². The highest BCUT2D eigenvalue weighted by Gasteiger charge is 2.51. The molecule has 5 nitrogen and oxygen atoms in total. The Balaban J connectivity index is 2.97. The Labute approximate surface area is 305 Å². The summed E-state index contributed by atoms with van der Waals surface area (Å²) in [5.41, 5.74) is -0.661. The molecule has 0 unspecified atom stereocenters. The van der Waals surface area contributed by atoms with Crippen LogP contribution in [0.3, 0.4) is 0 Å². The normalized spacial score (nSPS) is 14.5. The standard InChI is InChI=1S/C44H81N3O2/c1-6-9-12-15-18-21-24-28-34-41(35-29-25-22-19-16-13-10-7-2)42(48)47(40-32-27-31-39-46(4)5)44(36-33-37-44)43(49)45-38-30-26-23-20-17-14-11-8-3/h18-23,41H,6-17,24-40H2,1-5H3,(H,45,49)/b21-18-,22-19-,23-20-. The van der Waals surface area contributed by atoms with Crippen LogP contribution in [0.25, 0.3) is 0 Å². The van der Waals surface area contributed by atoms with Crippen LogP contribution in [-0.4, -0.2) is 60.9 Å². The minimum atomic E-state index is -0.661. The molecule has 5 heteroatoms. The summed E-state index contributed by atoms with van der Waals surface area (Å²) in [4.78, 5) is 32.9. The van der Waals surface area contributed by atoms with Crippen LogP contribution in [0.2, 0.25) is 0 Å². The van der Waals surface area contributed by atoms with E-state index >= 15 is 0 Å². The lowest BCUT2D eigenvalue weighted by atomic mass is 9.73. The lowest BCUT2D eigenvalue weighted by molar-refractivity contribution is -0.157. The fourth-order valence-corrected chi connectivity index (χ4v) is 6.95. The predicted octanol–water partition coefficient (Wildman–Crippen LogP) is 11.7. The molecule has 1 aliphatic rings. The van der Waals surface area contributed by atoms with E-state index in [9.17, 15) is 9.59 Å². The molecule has 0 aromatic rings. The number of hydrogen-bond acceptors (Lipinski definition) is 3. The Morgan fingerprint density at radius 3 is 1.47 bits per heavy atom. The first-order chi connectivity index (χ1) is 23.9. The molecule has 0 radical (unpaired) electrons. The van der Waals surface area contributed by atoms with Gasteiger partial charge in [0.2, 0.25) is 11.8 Å². The molecule has 49 heavy (non-hydrogen) atoms. The number of carbonyl (C=O) groups is 2. The summed E-state index contributed by atoms with van der Waals surface area (Å²) in [6, 6.07) is 0. The Kier molecular flexibility index (Phi) is 28.5. The van der Waals surface area contributed by atoms with Gasteiger partial charge in [0, 0.05) is 19.0 Å². The molecule has 1 rings (SSSR count). The molecule has 0 aromatic heterocycles. The first kappa shape index (κ1) is 45.1. The third-order valence-corrected chi connectivity index (χ3v) is 10.3. The summed E-state index contributed by atoms with van der Waals surface area (Å²) in [5, 5.41) is 3.30. The van der Waals surface area contributed by atoms with Crippen LogP contribution >= 0.6 is 0 Å². The molecule has 1 aliphatic carbocycles. The summed E-state index contributed by atoms with van der Waals surface area (Å²) >= 11 is 0. The highest BCUT2D eigenvalue weighted by atomic mass is 16.2. The van der Waals surface area contributed by atoms with Gasteiger partial charge in [-0.1, -0.05) is 102 Å². The number of rotatable bonds is 33. The fraction of sp³-hybridized carbons (Fsp3) is 0.818. The van der Waals surface area contributed by atoms with E-state index in [4.69, 9.17) is 0 Å². The molecule has 0 heterocycles. The monoisotopic (exact) mass is 684 g/mol. The van der Waals surface area contributed by atoms with Crippen LogP contribution in [0.15, 0.2) is 36.5 Å². The average molecular weight is 684 g/mol. The van der Waals surface area contributed by atoms with Gasteiger partial charge in [-0.25, -0.2) is 0 Å². The molecule has 0 aromatic carbocycles. The molecule has 0 saturated heterocycles. The van der Waals surface area contributed by atoms with E-state index in [0.29, 0.717) is 13.1 Å². The topological polar surface area (TPSA) is 52.7 Å². The van der Waals surface area contributed by atoms with Crippen LogP contribution in [0.4, 0.5) is 0 Å². The van der Waals surface area contributed by atoms with E-state index in [1.807, 2.05) is 0 Å². The van der Waals surface area contributed by atoms with E-state index in [0.717, 1.165) is 116 Å². The lowest BCUT2D eigenvalue weighted by Gasteiger charge is -2.50. The highest BCUT2D eigenvalue weighted by molar-refractivity contribution is 5.93. The van der Waals surface area contributed by atoms with Gasteiger partial charge in [-0.3, -0.25) is 9.59 Å². The summed E-state index contributed by atoms with van der Waals surface area (Å²) in [6.45, 7) is 9.19. The summed E-state index contributed by atoms with van der Waals surface area (Å²) in [6.07, 6.45) is 42.6. The summed E-state index contributed by atoms with van der Waals surface area (Å²) in [5.74, 6) is 0.333. The maximum atomic E-state index is 14.7. The number of allylic oxidation sites excluding steroid dienone is 6. The first-order valence-corrected chi connectivity index (χ1v) is 21.1. The Hall–Kier alpha value is -1.88. The second-order valence-electron chi connectivity index (χ2n) is 15.1. The van der Waals surface area contributed by atoms with Gasteiger partial charge in [-0.2, -0.15) is 0 Å². The quantitative estimate of drug-likeness (QED) is 0.0553. The van der Waals surface area contributed by atoms with Gasteiger partial charge in [0.15, 0.2) is 0 Å². The molecule has 1 saturated carbocycles. The van der Waals surface area contributed by atoms with Crippen molar-refractivity contribution in [1.29, 1.82) is 0 Å². The van der Waals surface area contributed by atoms with Crippen molar-refractivity contribution in [2.45, 2.75) is 193 Å². The Morgan fingerprint density at radius 1 is 0.592 bits per heavy atom. The first-order valence-electron chi connectivity index (χ1n) is 21.1. The van der Waals surface area contributed by atoms with Crippen molar-refractivity contribution in [1.82, 2.24) is 15.1 Å². The number of nitrogens with one attached hydrogen (secondary N) is 1. The van der Waals surface area contributed by atoms with Crippen LogP contribution < -0.4 is 5.32 Å². The van der Waals surface area contributed by atoms with Crippen LogP contribution in [0.5, 0.6) is 0 Å². The second-order valence-corrected chi connectivity index (χ2v) is 15.1. The maximum Gasteiger partial charge on any atom is 0.245 e. The van der Waals surface area contributed by atoms with Gasteiger partial charge in [-0.15, -0.1) is 0 Å². The van der Waals surface area contributed by atoms with Crippen molar-refractivity contribution < 1.29 is 9.59 Å². The van der Waals surface area contributed by atoms with Gasteiger partial charge in [0.25, 0.3) is 0 Å². The lowest BCUT2D eigenvalue weighted by Crippen LogP contribution is -2.65. The molecule has 0 aliphatic heterocycles. The van der Waals surface area contributed by atoms with Crippen molar-refractivity contribution in [2.75, 3.05) is 33.7 Å². The molecule has 1 N–H and O–H groups in total. The smallest absolute Gasteiger partial charge is 0.245 e. The van der Waals surface area contributed by atoms with Gasteiger partial charge in [0.1, 0.15) is 5.54 Å². The van der Waals surface area contributed by atoms with Crippen molar-refractivity contribution in [2.24, 2.45) is 5.92 Å². The zero-order valence-corrected chi connectivity index (χ0v) is 33.3. The van der Waals surface area contributed by atoms with E-state index in [1.165, 1.54) is 57.8 Å². The summed E-state index contributed by atoms with van der Waals surface area (Å²) in [7, 11) is 4.24. The molecule has 0 spiro atoms. The van der Waals surface area contributed by atoms with Crippen molar-refractivity contribution in [3.63, 3.8) is 0 Å². The SMILES string of the molecule is CCCCC/C=C\CCCNC(=O)C1(N(CCCCCN(C)C)C(=O)C(CCC/C=C\CCCCC)CCC/C=C\CCCCC)CCC1. The second kappa shape index (κ2) is 30.9. The zero-order chi connectivity index (χ0) is 35.8. The van der Waals surface area contributed by atoms with Crippen LogP contribution in [0, 0.1) is 5.92 Å². The third-order valence-electron chi connectivity index (χ3n) is 10.3. The molecule has 1 fully saturated rings. The molecule has 0 atom stereocenters. The fourth-order valence-electron chi connectivity index (χ4n) is 6.95. The molecular formula is C44H81N3O2. The Bertz CT molecular complexity index is 863. The van der Waals surface area contributed by atoms with E-state index < -0.39 is 5.54 Å². The van der Waals surface area contributed by atoms with Crippen molar-refractivity contribution in [3.05, 3.63) is 36.5 Å². The highest BCUT2D eigenvalue weighted by Crippen LogP contribution is 2.40. The number of carbonyl (C=O) groups excluding carboxylic acids is 2. The number of unbranched alkanes of at least 4 members (excludes halogenated alkanes) is 14. The number of hydrogen-bond donors (Lipinski definition) is 1.